The van der Waals surface area contributed by atoms with Gasteiger partial charge < -0.3 is 13.7 Å². The molecule has 1 aliphatic rings. The highest BCUT2D eigenvalue weighted by molar-refractivity contribution is 7.86. The van der Waals surface area contributed by atoms with E-state index in [4.69, 9.17) is 13.7 Å². The summed E-state index contributed by atoms with van der Waals surface area (Å²) >= 11 is 0. The van der Waals surface area contributed by atoms with Gasteiger partial charge in [0.25, 0.3) is 0 Å². The number of hydrogen-bond acceptors (Lipinski definition) is 5. The highest BCUT2D eigenvalue weighted by Gasteiger charge is 2.39. The summed E-state index contributed by atoms with van der Waals surface area (Å²) in [7, 11) is -3.55. The Morgan fingerprint density at radius 3 is 2.41 bits per heavy atom. The molecule has 0 N–H and O–H groups in total. The van der Waals surface area contributed by atoms with Gasteiger partial charge >= 0.3 is 10.1 Å². The largest absolute Gasteiger partial charge is 0.462 e. The molecule has 0 fully saturated rings. The molecule has 0 saturated heterocycles. The molecular formula is C16H24O5S. The number of hydrogen-bond donors (Lipinski definition) is 0. The molecule has 0 atom stereocenters. The zero-order valence-electron chi connectivity index (χ0n) is 13.8. The fourth-order valence-electron chi connectivity index (χ4n) is 2.57. The Labute approximate surface area is 132 Å². The minimum atomic E-state index is -3.55. The quantitative estimate of drug-likeness (QED) is 0.794. The predicted octanol–water partition coefficient (Wildman–Crippen LogP) is 3.23. The molecule has 1 aliphatic heterocycles. The van der Waals surface area contributed by atoms with E-state index in [0.717, 1.165) is 24.7 Å². The Kier molecular flexibility index (Phi) is 4.46. The molecule has 0 saturated carbocycles. The SMILES string of the molecule is CCC1(CC)OCC(C)(C)c2cc(OS(C)(=O)=O)ccc2O1. The maximum absolute atomic E-state index is 11.3. The van der Waals surface area contributed by atoms with Crippen molar-refractivity contribution >= 4 is 10.1 Å². The van der Waals surface area contributed by atoms with Crippen molar-refractivity contribution in [2.24, 2.45) is 0 Å². The van der Waals surface area contributed by atoms with E-state index < -0.39 is 15.9 Å². The Bertz CT molecular complexity index is 645. The van der Waals surface area contributed by atoms with Gasteiger partial charge in [-0.2, -0.15) is 8.42 Å². The van der Waals surface area contributed by atoms with Crippen molar-refractivity contribution in [3.05, 3.63) is 23.8 Å². The zero-order valence-corrected chi connectivity index (χ0v) is 14.6. The predicted molar refractivity (Wildman–Crippen MR) is 84.8 cm³/mol. The van der Waals surface area contributed by atoms with Gasteiger partial charge in [-0.05, 0) is 18.2 Å². The monoisotopic (exact) mass is 328 g/mol. The van der Waals surface area contributed by atoms with E-state index in [0.29, 0.717) is 18.1 Å². The van der Waals surface area contributed by atoms with E-state index in [1.807, 2.05) is 27.7 Å². The second kappa shape index (κ2) is 5.74. The van der Waals surface area contributed by atoms with Gasteiger partial charge in [0, 0.05) is 23.8 Å². The third-order valence-corrected chi connectivity index (χ3v) is 4.49. The molecule has 124 valence electrons. The van der Waals surface area contributed by atoms with Crippen LogP contribution < -0.4 is 8.92 Å². The van der Waals surface area contributed by atoms with Gasteiger partial charge in [-0.1, -0.05) is 27.7 Å². The fourth-order valence-corrected chi connectivity index (χ4v) is 3.02. The van der Waals surface area contributed by atoms with Gasteiger partial charge in [-0.3, -0.25) is 0 Å². The summed E-state index contributed by atoms with van der Waals surface area (Å²) in [6.45, 7) is 8.64. The van der Waals surface area contributed by atoms with E-state index in [9.17, 15) is 8.42 Å². The van der Waals surface area contributed by atoms with Crippen LogP contribution in [0.2, 0.25) is 0 Å². The first-order chi connectivity index (χ1) is 10.1. The van der Waals surface area contributed by atoms with Crippen LogP contribution in [0.4, 0.5) is 0 Å². The van der Waals surface area contributed by atoms with Crippen LogP contribution in [0.5, 0.6) is 11.5 Å². The Morgan fingerprint density at radius 2 is 1.86 bits per heavy atom. The molecule has 0 aromatic heterocycles. The van der Waals surface area contributed by atoms with Crippen molar-refractivity contribution in [2.45, 2.75) is 51.7 Å². The third kappa shape index (κ3) is 3.55. The lowest BCUT2D eigenvalue weighted by Crippen LogP contribution is -2.38. The minimum Gasteiger partial charge on any atom is -0.462 e. The van der Waals surface area contributed by atoms with Crippen LogP contribution in [0.15, 0.2) is 18.2 Å². The minimum absolute atomic E-state index is 0.290. The normalized spacial score (nSPS) is 19.7. The maximum Gasteiger partial charge on any atom is 0.306 e. The molecule has 1 aromatic rings. The number of rotatable bonds is 4. The van der Waals surface area contributed by atoms with Gasteiger partial charge in [0.05, 0.1) is 12.9 Å². The number of ether oxygens (including phenoxy) is 2. The van der Waals surface area contributed by atoms with E-state index >= 15 is 0 Å². The van der Waals surface area contributed by atoms with Gasteiger partial charge in [0.1, 0.15) is 11.5 Å². The van der Waals surface area contributed by atoms with Crippen LogP contribution in [0.25, 0.3) is 0 Å². The molecule has 0 amide bonds. The summed E-state index contributed by atoms with van der Waals surface area (Å²) in [6, 6.07) is 5.09. The Hall–Kier alpha value is -1.27. The standard InChI is InChI=1S/C16H24O5S/c1-6-16(7-2)19-11-15(3,4)13-10-12(21-22(5,17)18)8-9-14(13)20-16/h8-10H,6-7,11H2,1-5H3. The summed E-state index contributed by atoms with van der Waals surface area (Å²) in [5, 5.41) is 0. The maximum atomic E-state index is 11.3. The van der Waals surface area contributed by atoms with Crippen molar-refractivity contribution in [2.75, 3.05) is 12.9 Å². The summed E-state index contributed by atoms with van der Waals surface area (Å²) in [5.41, 5.74) is 0.579. The molecule has 6 heteroatoms. The van der Waals surface area contributed by atoms with E-state index in [1.165, 1.54) is 0 Å². The van der Waals surface area contributed by atoms with Crippen LogP contribution >= 0.6 is 0 Å². The smallest absolute Gasteiger partial charge is 0.306 e. The molecule has 0 bridgehead atoms. The summed E-state index contributed by atoms with van der Waals surface area (Å²) in [4.78, 5) is 0. The fraction of sp³-hybridized carbons (Fsp3) is 0.625. The highest BCUT2D eigenvalue weighted by Crippen LogP contribution is 2.42. The van der Waals surface area contributed by atoms with Crippen LogP contribution in [-0.2, 0) is 20.3 Å². The van der Waals surface area contributed by atoms with Gasteiger partial charge in [0.2, 0.25) is 5.79 Å². The van der Waals surface area contributed by atoms with Crippen LogP contribution in [0, 0.1) is 0 Å². The lowest BCUT2D eigenvalue weighted by molar-refractivity contribution is -0.187. The molecule has 0 radical (unpaired) electrons. The molecule has 0 aliphatic carbocycles. The molecule has 0 spiro atoms. The Morgan fingerprint density at radius 1 is 1.23 bits per heavy atom. The topological polar surface area (TPSA) is 61.8 Å². The van der Waals surface area contributed by atoms with Crippen LogP contribution in [0.3, 0.4) is 0 Å². The summed E-state index contributed by atoms with van der Waals surface area (Å²) in [6.07, 6.45) is 2.50. The van der Waals surface area contributed by atoms with E-state index in [-0.39, 0.29) is 5.41 Å². The average Bonchev–Trinajstić information content (AvgIpc) is 2.53. The lowest BCUT2D eigenvalue weighted by Gasteiger charge is -2.31. The van der Waals surface area contributed by atoms with Crippen LogP contribution in [0.1, 0.15) is 46.1 Å². The zero-order chi connectivity index (χ0) is 16.6. The lowest BCUT2D eigenvalue weighted by atomic mass is 9.85. The van der Waals surface area contributed by atoms with Crippen LogP contribution in [-0.4, -0.2) is 27.1 Å². The average molecular weight is 328 g/mol. The van der Waals surface area contributed by atoms with Crippen molar-refractivity contribution in [1.82, 2.24) is 0 Å². The van der Waals surface area contributed by atoms with Crippen molar-refractivity contribution in [1.29, 1.82) is 0 Å². The third-order valence-electron chi connectivity index (χ3n) is 4.00. The van der Waals surface area contributed by atoms with Gasteiger partial charge in [-0.15, -0.1) is 0 Å². The molecule has 5 nitrogen and oxygen atoms in total. The molecule has 0 unspecified atom stereocenters. The van der Waals surface area contributed by atoms with Gasteiger partial charge in [0.15, 0.2) is 0 Å². The first kappa shape index (κ1) is 17.1. The molecule has 2 rings (SSSR count). The second-order valence-corrected chi connectivity index (χ2v) is 7.91. The summed E-state index contributed by atoms with van der Waals surface area (Å²) in [5.74, 6) is 0.368. The molecule has 22 heavy (non-hydrogen) atoms. The Balaban J connectivity index is 2.48. The molecule has 1 heterocycles. The first-order valence-corrected chi connectivity index (χ1v) is 9.29. The summed E-state index contributed by atoms with van der Waals surface area (Å²) < 4.78 is 39.8. The molecular weight excluding hydrogens is 304 g/mol. The van der Waals surface area contributed by atoms with Crippen molar-refractivity contribution in [3.8, 4) is 11.5 Å². The van der Waals surface area contributed by atoms with E-state index in [2.05, 4.69) is 0 Å². The second-order valence-electron chi connectivity index (χ2n) is 6.34. The van der Waals surface area contributed by atoms with Gasteiger partial charge in [-0.25, -0.2) is 0 Å². The van der Waals surface area contributed by atoms with E-state index in [1.54, 1.807) is 18.2 Å². The number of fused-ring (bicyclic) bond motifs is 1. The first-order valence-electron chi connectivity index (χ1n) is 7.48. The van der Waals surface area contributed by atoms with Crippen molar-refractivity contribution < 1.29 is 22.1 Å². The molecule has 1 aromatic carbocycles. The van der Waals surface area contributed by atoms with Crippen molar-refractivity contribution in [3.63, 3.8) is 0 Å². The highest BCUT2D eigenvalue weighted by atomic mass is 32.2. The number of benzene rings is 1.